The van der Waals surface area contributed by atoms with E-state index in [9.17, 15) is 4.79 Å². The molecular formula is C30H35N3O. The number of rotatable bonds is 6. The number of nitrogens with one attached hydrogen (secondary N) is 1. The van der Waals surface area contributed by atoms with Crippen LogP contribution < -0.4 is 10.2 Å². The minimum absolute atomic E-state index is 0.0193. The highest BCUT2D eigenvalue weighted by Gasteiger charge is 2.32. The minimum Gasteiger partial charge on any atom is -0.369 e. The van der Waals surface area contributed by atoms with Crippen LogP contribution in [0.5, 0.6) is 0 Å². The summed E-state index contributed by atoms with van der Waals surface area (Å²) in [6, 6.07) is 28.2. The lowest BCUT2D eigenvalue weighted by Gasteiger charge is -2.38. The van der Waals surface area contributed by atoms with Crippen LogP contribution in [0.1, 0.15) is 53.2 Å². The van der Waals surface area contributed by atoms with E-state index in [4.69, 9.17) is 0 Å². The Morgan fingerprint density at radius 1 is 0.853 bits per heavy atom. The molecule has 0 aromatic heterocycles. The van der Waals surface area contributed by atoms with E-state index in [1.54, 1.807) is 0 Å². The lowest BCUT2D eigenvalue weighted by molar-refractivity contribution is 0.0930. The standard InChI is InChI=1S/C30H35N3O/c1-30(2)22-31-29(34)27-21-25(13-14-28(27)30)33-19-17-32(18-20-33)16-15-26(23-9-5-3-6-10-23)24-11-7-4-8-12-24/h3-14,21,26H,15-20,22H2,1-2H3,(H,31,34). The highest BCUT2D eigenvalue weighted by atomic mass is 16.1. The van der Waals surface area contributed by atoms with Gasteiger partial charge in [-0.25, -0.2) is 0 Å². The lowest BCUT2D eigenvalue weighted by atomic mass is 9.79. The first-order chi connectivity index (χ1) is 16.5. The van der Waals surface area contributed by atoms with E-state index in [1.807, 2.05) is 0 Å². The zero-order valence-corrected chi connectivity index (χ0v) is 20.3. The van der Waals surface area contributed by atoms with Crippen LogP contribution in [0, 0.1) is 0 Å². The number of carbonyl (C=O) groups is 1. The number of nitrogens with zero attached hydrogens (tertiary/aromatic N) is 2. The summed E-state index contributed by atoms with van der Waals surface area (Å²) >= 11 is 0. The second kappa shape index (κ2) is 9.63. The smallest absolute Gasteiger partial charge is 0.251 e. The molecule has 176 valence electrons. The first-order valence-corrected chi connectivity index (χ1v) is 12.5. The Hall–Kier alpha value is -3.11. The summed E-state index contributed by atoms with van der Waals surface area (Å²) in [5.74, 6) is 0.477. The molecule has 0 spiro atoms. The van der Waals surface area contributed by atoms with E-state index in [0.29, 0.717) is 12.5 Å². The minimum atomic E-state index is -0.0193. The average molecular weight is 454 g/mol. The highest BCUT2D eigenvalue weighted by Crippen LogP contribution is 2.33. The summed E-state index contributed by atoms with van der Waals surface area (Å²) in [5.41, 5.74) is 5.92. The van der Waals surface area contributed by atoms with Crippen LogP contribution in [-0.4, -0.2) is 50.1 Å². The second-order valence-electron chi connectivity index (χ2n) is 10.3. The molecule has 4 heteroatoms. The van der Waals surface area contributed by atoms with Crippen LogP contribution in [0.15, 0.2) is 78.9 Å². The maximum Gasteiger partial charge on any atom is 0.251 e. The van der Waals surface area contributed by atoms with Gasteiger partial charge in [-0.2, -0.15) is 0 Å². The fourth-order valence-electron chi connectivity index (χ4n) is 5.44. The summed E-state index contributed by atoms with van der Waals surface area (Å²) in [4.78, 5) is 17.5. The number of hydrogen-bond acceptors (Lipinski definition) is 3. The topological polar surface area (TPSA) is 35.6 Å². The lowest BCUT2D eigenvalue weighted by Crippen LogP contribution is -2.47. The molecule has 3 aromatic rings. The molecule has 2 aliphatic heterocycles. The van der Waals surface area contributed by atoms with Gasteiger partial charge in [0, 0.05) is 55.3 Å². The van der Waals surface area contributed by atoms with Gasteiger partial charge in [0.05, 0.1) is 0 Å². The van der Waals surface area contributed by atoms with Gasteiger partial charge in [-0.05, 0) is 41.8 Å². The van der Waals surface area contributed by atoms with Crippen LogP contribution in [0.2, 0.25) is 0 Å². The molecule has 2 aliphatic rings. The fourth-order valence-corrected chi connectivity index (χ4v) is 5.44. The molecule has 0 bridgehead atoms. The van der Waals surface area contributed by atoms with Crippen molar-refractivity contribution in [3.8, 4) is 0 Å². The molecule has 0 unspecified atom stereocenters. The second-order valence-corrected chi connectivity index (χ2v) is 10.3. The van der Waals surface area contributed by atoms with E-state index in [-0.39, 0.29) is 11.3 Å². The van der Waals surface area contributed by atoms with Gasteiger partial charge in [0.1, 0.15) is 0 Å². The summed E-state index contributed by atoms with van der Waals surface area (Å²) in [5, 5.41) is 3.05. The van der Waals surface area contributed by atoms with Crippen molar-refractivity contribution in [2.75, 3.05) is 44.2 Å². The molecule has 1 N–H and O–H groups in total. The first-order valence-electron chi connectivity index (χ1n) is 12.5. The summed E-state index contributed by atoms with van der Waals surface area (Å²) in [6.45, 7) is 10.3. The van der Waals surface area contributed by atoms with Crippen LogP contribution in [-0.2, 0) is 5.41 Å². The molecule has 34 heavy (non-hydrogen) atoms. The van der Waals surface area contributed by atoms with Crippen molar-refractivity contribution >= 4 is 11.6 Å². The van der Waals surface area contributed by atoms with E-state index >= 15 is 0 Å². The van der Waals surface area contributed by atoms with Gasteiger partial charge in [0.15, 0.2) is 0 Å². The highest BCUT2D eigenvalue weighted by molar-refractivity contribution is 5.98. The molecule has 1 fully saturated rings. The Morgan fingerprint density at radius 2 is 1.47 bits per heavy atom. The number of hydrogen-bond donors (Lipinski definition) is 1. The maximum absolute atomic E-state index is 12.5. The molecule has 1 saturated heterocycles. The van der Waals surface area contributed by atoms with Crippen LogP contribution in [0.4, 0.5) is 5.69 Å². The molecule has 0 atom stereocenters. The van der Waals surface area contributed by atoms with Gasteiger partial charge in [-0.3, -0.25) is 9.69 Å². The van der Waals surface area contributed by atoms with Gasteiger partial charge in [-0.15, -0.1) is 0 Å². The normalized spacial score (nSPS) is 18.0. The molecular weight excluding hydrogens is 418 g/mol. The Morgan fingerprint density at radius 3 is 2.09 bits per heavy atom. The first kappa shape index (κ1) is 22.7. The van der Waals surface area contributed by atoms with Crippen LogP contribution >= 0.6 is 0 Å². The van der Waals surface area contributed by atoms with Gasteiger partial charge >= 0.3 is 0 Å². The predicted octanol–water partition coefficient (Wildman–Crippen LogP) is 5.05. The maximum atomic E-state index is 12.5. The van der Waals surface area contributed by atoms with Crippen LogP contribution in [0.3, 0.4) is 0 Å². The molecule has 3 aromatic carbocycles. The number of piperazine rings is 1. The Bertz CT molecular complexity index is 1080. The number of fused-ring (bicyclic) bond motifs is 1. The quantitative estimate of drug-likeness (QED) is 0.567. The van der Waals surface area contributed by atoms with Crippen molar-refractivity contribution in [1.29, 1.82) is 0 Å². The van der Waals surface area contributed by atoms with Gasteiger partial charge in [0.2, 0.25) is 0 Å². The van der Waals surface area contributed by atoms with Gasteiger partial charge in [-0.1, -0.05) is 80.6 Å². The summed E-state index contributed by atoms with van der Waals surface area (Å²) in [7, 11) is 0. The Kier molecular flexibility index (Phi) is 6.42. The number of benzene rings is 3. The zero-order valence-electron chi connectivity index (χ0n) is 20.3. The molecule has 0 saturated carbocycles. The third kappa shape index (κ3) is 4.74. The number of amides is 1. The SMILES string of the molecule is CC1(C)CNC(=O)c2cc(N3CCN(CCC(c4ccccc4)c4ccccc4)CC3)ccc21. The third-order valence-corrected chi connectivity index (χ3v) is 7.54. The van der Waals surface area contributed by atoms with Crippen molar-refractivity contribution in [1.82, 2.24) is 10.2 Å². The Balaban J connectivity index is 1.23. The molecule has 0 aliphatic carbocycles. The molecule has 5 rings (SSSR count). The van der Waals surface area contributed by atoms with Gasteiger partial charge in [0.25, 0.3) is 5.91 Å². The van der Waals surface area contributed by atoms with E-state index in [2.05, 4.69) is 108 Å². The van der Waals surface area contributed by atoms with E-state index in [1.165, 1.54) is 11.1 Å². The Labute approximate surface area is 203 Å². The van der Waals surface area contributed by atoms with Crippen molar-refractivity contribution < 1.29 is 4.79 Å². The molecule has 2 heterocycles. The predicted molar refractivity (Wildman–Crippen MR) is 140 cm³/mol. The number of carbonyl (C=O) groups excluding carboxylic acids is 1. The number of anilines is 1. The third-order valence-electron chi connectivity index (χ3n) is 7.54. The molecule has 1 amide bonds. The fraction of sp³-hybridized carbons (Fsp3) is 0.367. The largest absolute Gasteiger partial charge is 0.369 e. The molecule has 4 nitrogen and oxygen atoms in total. The van der Waals surface area contributed by atoms with Gasteiger partial charge < -0.3 is 10.2 Å². The van der Waals surface area contributed by atoms with Crippen LogP contribution in [0.25, 0.3) is 0 Å². The van der Waals surface area contributed by atoms with Crippen molar-refractivity contribution in [3.63, 3.8) is 0 Å². The van der Waals surface area contributed by atoms with E-state index in [0.717, 1.165) is 56.0 Å². The summed E-state index contributed by atoms with van der Waals surface area (Å²) in [6.07, 6.45) is 1.11. The summed E-state index contributed by atoms with van der Waals surface area (Å²) < 4.78 is 0. The van der Waals surface area contributed by atoms with E-state index < -0.39 is 0 Å². The van der Waals surface area contributed by atoms with Crippen molar-refractivity contribution in [2.24, 2.45) is 0 Å². The average Bonchev–Trinajstić information content (AvgIpc) is 2.88. The van der Waals surface area contributed by atoms with Crippen molar-refractivity contribution in [2.45, 2.75) is 31.6 Å². The molecule has 0 radical (unpaired) electrons. The monoisotopic (exact) mass is 453 g/mol. The van der Waals surface area contributed by atoms with Crippen molar-refractivity contribution in [3.05, 3.63) is 101 Å². The zero-order chi connectivity index (χ0) is 23.5.